The highest BCUT2D eigenvalue weighted by molar-refractivity contribution is 7.97. The molecule has 1 heterocycles. The molecule has 226 valence electrons. The zero-order valence-electron chi connectivity index (χ0n) is 22.7. The molecule has 0 aliphatic carbocycles. The van der Waals surface area contributed by atoms with Crippen molar-refractivity contribution in [2.24, 2.45) is 0 Å². The third kappa shape index (κ3) is 7.71. The predicted octanol–water partition coefficient (Wildman–Crippen LogP) is 5.95. The van der Waals surface area contributed by atoms with Crippen molar-refractivity contribution < 1.29 is 35.1 Å². The van der Waals surface area contributed by atoms with Crippen LogP contribution in [0.5, 0.6) is 0 Å². The molecule has 10 nitrogen and oxygen atoms in total. The molecule has 5 rings (SSSR count). The first-order valence-electron chi connectivity index (χ1n) is 13.3. The summed E-state index contributed by atoms with van der Waals surface area (Å²) in [6.07, 6.45) is 3.65. The molecular formula is C29H28FN3O7S3. The molecule has 43 heavy (non-hydrogen) atoms. The van der Waals surface area contributed by atoms with Gasteiger partial charge in [0.15, 0.2) is 0 Å². The van der Waals surface area contributed by atoms with Crippen LogP contribution in [0.1, 0.15) is 24.8 Å². The van der Waals surface area contributed by atoms with Gasteiger partial charge in [0, 0.05) is 41.2 Å². The molecule has 14 heteroatoms. The first-order valence-corrected chi connectivity index (χ1v) is 16.9. The van der Waals surface area contributed by atoms with Gasteiger partial charge in [-0.25, -0.2) is 13.5 Å². The number of halogens is 1. The molecule has 1 saturated heterocycles. The standard InChI is InChI=1S/C29H28FN3O7S3/c30-27-11-4-19(18-31-29(34)32-22-7-9-23(10-8-22)41-33-12-2-1-3-13-33)14-25(27)21-6-5-20-15-24(42(35,36)37)17-28(26(20)16-21)43(38,39)40/h4-11,14-17H,1-3,12-13,18H2,(H2,31,32,34)(H,35,36,37)(H,38,39,40). The summed E-state index contributed by atoms with van der Waals surface area (Å²) in [5, 5.41) is 5.50. The highest BCUT2D eigenvalue weighted by Crippen LogP contribution is 2.33. The van der Waals surface area contributed by atoms with E-state index in [1.807, 2.05) is 24.3 Å². The molecule has 4 aromatic rings. The molecule has 0 aromatic heterocycles. The van der Waals surface area contributed by atoms with Gasteiger partial charge in [-0.2, -0.15) is 16.8 Å². The number of piperidine rings is 1. The number of hydrogen-bond acceptors (Lipinski definition) is 7. The number of nitrogens with one attached hydrogen (secondary N) is 2. The lowest BCUT2D eigenvalue weighted by Crippen LogP contribution is -2.28. The van der Waals surface area contributed by atoms with Crippen LogP contribution in [-0.4, -0.2) is 49.4 Å². The Hall–Kier alpha value is -3.53. The summed E-state index contributed by atoms with van der Waals surface area (Å²) in [6, 6.07) is 17.0. The fourth-order valence-electron chi connectivity index (χ4n) is 4.79. The number of fused-ring (bicyclic) bond motifs is 1. The van der Waals surface area contributed by atoms with E-state index in [2.05, 4.69) is 14.9 Å². The smallest absolute Gasteiger partial charge is 0.319 e. The maximum absolute atomic E-state index is 14.9. The molecule has 0 bridgehead atoms. The minimum absolute atomic E-state index is 0.0591. The molecule has 1 fully saturated rings. The van der Waals surface area contributed by atoms with Gasteiger partial charge in [-0.3, -0.25) is 9.11 Å². The molecule has 4 N–H and O–H groups in total. The lowest BCUT2D eigenvalue weighted by molar-refractivity contribution is 0.251. The molecule has 1 aliphatic heterocycles. The molecule has 0 spiro atoms. The zero-order chi connectivity index (χ0) is 30.8. The molecule has 0 unspecified atom stereocenters. The Bertz CT molecular complexity index is 1890. The molecule has 4 aromatic carbocycles. The van der Waals surface area contributed by atoms with Crippen LogP contribution in [-0.2, 0) is 26.8 Å². The Morgan fingerprint density at radius 2 is 1.58 bits per heavy atom. The van der Waals surface area contributed by atoms with Crippen molar-refractivity contribution in [1.82, 2.24) is 9.62 Å². The molecule has 0 saturated carbocycles. The van der Waals surface area contributed by atoms with Crippen molar-refractivity contribution in [3.05, 3.63) is 84.2 Å². The van der Waals surface area contributed by atoms with E-state index in [-0.39, 0.29) is 28.4 Å². The van der Waals surface area contributed by atoms with Crippen LogP contribution in [0.15, 0.2) is 87.5 Å². The van der Waals surface area contributed by atoms with E-state index in [1.54, 1.807) is 11.9 Å². The SMILES string of the molecule is O=C(NCc1ccc(F)c(-c2ccc3cc(S(=O)(=O)O)cc(S(=O)(=O)O)c3c2)c1)Nc1ccc(SN2CCCCC2)cc1. The predicted molar refractivity (Wildman–Crippen MR) is 163 cm³/mol. The number of carbonyl (C=O) groups is 1. The Morgan fingerprint density at radius 3 is 2.26 bits per heavy atom. The Labute approximate surface area is 252 Å². The molecule has 1 aliphatic rings. The molecule has 2 amide bonds. The van der Waals surface area contributed by atoms with Gasteiger partial charge in [0.25, 0.3) is 20.2 Å². The maximum Gasteiger partial charge on any atom is 0.319 e. The number of anilines is 1. The Morgan fingerprint density at radius 1 is 0.860 bits per heavy atom. The number of urea groups is 1. The number of nitrogens with zero attached hydrogens (tertiary/aromatic N) is 1. The van der Waals surface area contributed by atoms with E-state index in [1.165, 1.54) is 55.7 Å². The quantitative estimate of drug-likeness (QED) is 0.134. The topological polar surface area (TPSA) is 153 Å². The van der Waals surface area contributed by atoms with Crippen molar-refractivity contribution in [1.29, 1.82) is 0 Å². The van der Waals surface area contributed by atoms with Crippen LogP contribution in [0.25, 0.3) is 21.9 Å². The zero-order valence-corrected chi connectivity index (χ0v) is 25.1. The van der Waals surface area contributed by atoms with Crippen LogP contribution >= 0.6 is 11.9 Å². The number of carbonyl (C=O) groups excluding carboxylic acids is 1. The van der Waals surface area contributed by atoms with Gasteiger partial charge < -0.3 is 10.6 Å². The minimum atomic E-state index is -4.91. The monoisotopic (exact) mass is 645 g/mol. The average Bonchev–Trinajstić information content (AvgIpc) is 2.96. The van der Waals surface area contributed by atoms with Gasteiger partial charge in [-0.15, -0.1) is 0 Å². The summed E-state index contributed by atoms with van der Waals surface area (Å²) < 4.78 is 83.6. The fraction of sp³-hybridized carbons (Fsp3) is 0.207. The summed E-state index contributed by atoms with van der Waals surface area (Å²) in [7, 11) is -9.68. The van der Waals surface area contributed by atoms with Gasteiger partial charge in [0.05, 0.1) is 4.90 Å². The minimum Gasteiger partial charge on any atom is -0.334 e. The summed E-state index contributed by atoms with van der Waals surface area (Å²) >= 11 is 1.70. The first kappa shape index (κ1) is 30.9. The van der Waals surface area contributed by atoms with Gasteiger partial charge in [-0.1, -0.05) is 24.6 Å². The van der Waals surface area contributed by atoms with Crippen LogP contribution in [0.3, 0.4) is 0 Å². The first-order chi connectivity index (χ1) is 20.4. The summed E-state index contributed by atoms with van der Waals surface area (Å²) in [4.78, 5) is 12.1. The van der Waals surface area contributed by atoms with E-state index >= 15 is 0 Å². The van der Waals surface area contributed by atoms with Crippen molar-refractivity contribution >= 4 is 54.7 Å². The van der Waals surface area contributed by atoms with E-state index < -0.39 is 41.9 Å². The van der Waals surface area contributed by atoms with E-state index in [0.29, 0.717) is 17.3 Å². The average molecular weight is 646 g/mol. The normalized spacial score (nSPS) is 14.5. The number of rotatable bonds is 8. The molecule has 0 atom stereocenters. The highest BCUT2D eigenvalue weighted by atomic mass is 32.2. The molecule has 0 radical (unpaired) electrons. The van der Waals surface area contributed by atoms with Gasteiger partial charge in [0.2, 0.25) is 0 Å². The van der Waals surface area contributed by atoms with Crippen LogP contribution in [0, 0.1) is 5.82 Å². The lowest BCUT2D eigenvalue weighted by atomic mass is 9.99. The van der Waals surface area contributed by atoms with Gasteiger partial charge >= 0.3 is 6.03 Å². The summed E-state index contributed by atoms with van der Waals surface area (Å²) in [5.41, 5.74) is 1.49. The Kier molecular flexibility index (Phi) is 9.06. The van der Waals surface area contributed by atoms with Crippen molar-refractivity contribution in [3.63, 3.8) is 0 Å². The van der Waals surface area contributed by atoms with Crippen molar-refractivity contribution in [2.45, 2.75) is 40.5 Å². The Balaban J connectivity index is 1.30. The second-order valence-corrected chi connectivity index (χ2v) is 14.0. The van der Waals surface area contributed by atoms with Gasteiger partial charge in [-0.05, 0) is 95.9 Å². The maximum atomic E-state index is 14.9. The third-order valence-corrected chi connectivity index (χ3v) is 9.75. The van der Waals surface area contributed by atoms with Gasteiger partial charge in [0.1, 0.15) is 10.7 Å². The fourth-order valence-corrected chi connectivity index (χ4v) is 7.14. The highest BCUT2D eigenvalue weighted by Gasteiger charge is 2.21. The largest absolute Gasteiger partial charge is 0.334 e. The van der Waals surface area contributed by atoms with E-state index in [4.69, 9.17) is 0 Å². The van der Waals surface area contributed by atoms with Crippen LogP contribution in [0.2, 0.25) is 0 Å². The summed E-state index contributed by atoms with van der Waals surface area (Å²) in [6.45, 7) is 2.18. The second kappa shape index (κ2) is 12.6. The van der Waals surface area contributed by atoms with Crippen LogP contribution in [0.4, 0.5) is 14.9 Å². The number of hydrogen-bond donors (Lipinski definition) is 4. The van der Waals surface area contributed by atoms with Crippen LogP contribution < -0.4 is 10.6 Å². The third-order valence-electron chi connectivity index (χ3n) is 6.92. The summed E-state index contributed by atoms with van der Waals surface area (Å²) in [5.74, 6) is -0.627. The second-order valence-electron chi connectivity index (χ2n) is 10.0. The van der Waals surface area contributed by atoms with Crippen molar-refractivity contribution in [3.8, 4) is 11.1 Å². The number of amides is 2. The van der Waals surface area contributed by atoms with E-state index in [9.17, 15) is 35.1 Å². The lowest BCUT2D eigenvalue weighted by Gasteiger charge is -2.25. The molecular weight excluding hydrogens is 618 g/mol. The van der Waals surface area contributed by atoms with Crippen molar-refractivity contribution in [2.75, 3.05) is 18.4 Å². The van der Waals surface area contributed by atoms with E-state index in [0.717, 1.165) is 24.1 Å². The number of benzene rings is 4.